The van der Waals surface area contributed by atoms with Crippen LogP contribution in [0.25, 0.3) is 5.65 Å². The molecule has 0 bridgehead atoms. The summed E-state index contributed by atoms with van der Waals surface area (Å²) in [7, 11) is 0. The van der Waals surface area contributed by atoms with E-state index in [0.29, 0.717) is 30.9 Å². The molecule has 21 heavy (non-hydrogen) atoms. The first-order valence-electron chi connectivity index (χ1n) is 6.70. The van der Waals surface area contributed by atoms with Crippen LogP contribution in [-0.2, 0) is 6.54 Å². The van der Waals surface area contributed by atoms with E-state index in [9.17, 15) is 18.0 Å². The van der Waals surface area contributed by atoms with Crippen molar-refractivity contribution in [3.8, 4) is 0 Å². The van der Waals surface area contributed by atoms with E-state index in [1.54, 1.807) is 24.4 Å². The van der Waals surface area contributed by atoms with Crippen LogP contribution in [0, 0.1) is 0 Å². The number of unbranched alkanes of at least 4 members (excludes halogenated alkanes) is 1. The van der Waals surface area contributed by atoms with Gasteiger partial charge in [-0.05, 0) is 31.5 Å². The van der Waals surface area contributed by atoms with Crippen molar-refractivity contribution in [1.29, 1.82) is 0 Å². The van der Waals surface area contributed by atoms with Crippen molar-refractivity contribution in [2.45, 2.75) is 32.0 Å². The Labute approximate surface area is 119 Å². The van der Waals surface area contributed by atoms with Gasteiger partial charge in [0.15, 0.2) is 0 Å². The van der Waals surface area contributed by atoms with Gasteiger partial charge in [0.25, 0.3) is 5.56 Å². The first kappa shape index (κ1) is 15.5. The van der Waals surface area contributed by atoms with E-state index >= 15 is 0 Å². The van der Waals surface area contributed by atoms with E-state index in [-0.39, 0.29) is 12.0 Å². The highest BCUT2D eigenvalue weighted by atomic mass is 19.4. The van der Waals surface area contributed by atoms with Gasteiger partial charge in [0.05, 0.1) is 5.69 Å². The van der Waals surface area contributed by atoms with E-state index in [1.165, 1.54) is 10.5 Å². The molecule has 0 aliphatic rings. The lowest BCUT2D eigenvalue weighted by Crippen LogP contribution is -2.20. The highest BCUT2D eigenvalue weighted by Crippen LogP contribution is 2.21. The summed E-state index contributed by atoms with van der Waals surface area (Å²) in [5.74, 6) is 0. The number of pyridine rings is 1. The fourth-order valence-electron chi connectivity index (χ4n) is 1.99. The molecule has 0 aromatic carbocycles. The summed E-state index contributed by atoms with van der Waals surface area (Å²) in [5.41, 5.74) is 0.968. The molecule has 0 aliphatic carbocycles. The highest BCUT2D eigenvalue weighted by Gasteiger charge is 2.25. The molecule has 2 aromatic heterocycles. The Balaban J connectivity index is 1.83. The van der Waals surface area contributed by atoms with Gasteiger partial charge in [-0.15, -0.1) is 0 Å². The van der Waals surface area contributed by atoms with Crippen molar-refractivity contribution >= 4 is 5.65 Å². The van der Waals surface area contributed by atoms with Crippen molar-refractivity contribution in [3.05, 3.63) is 46.5 Å². The lowest BCUT2D eigenvalue weighted by Gasteiger charge is -2.07. The van der Waals surface area contributed by atoms with Gasteiger partial charge in [-0.1, -0.05) is 6.07 Å². The minimum atomic E-state index is -4.09. The topological polar surface area (TPSA) is 46.4 Å². The van der Waals surface area contributed by atoms with Crippen LogP contribution in [0.1, 0.15) is 25.0 Å². The molecule has 0 spiro atoms. The number of halogens is 3. The number of nitrogens with zero attached hydrogens (tertiary/aromatic N) is 2. The van der Waals surface area contributed by atoms with Gasteiger partial charge in [-0.3, -0.25) is 9.20 Å². The molecule has 0 radical (unpaired) electrons. The van der Waals surface area contributed by atoms with Crippen LogP contribution in [-0.4, -0.2) is 22.1 Å². The third-order valence-electron chi connectivity index (χ3n) is 2.99. The van der Waals surface area contributed by atoms with Gasteiger partial charge in [-0.2, -0.15) is 13.2 Å². The molecule has 4 nitrogen and oxygen atoms in total. The smallest absolute Gasteiger partial charge is 0.311 e. The van der Waals surface area contributed by atoms with Gasteiger partial charge in [0.2, 0.25) is 0 Å². The average molecular weight is 299 g/mol. The van der Waals surface area contributed by atoms with E-state index in [2.05, 4.69) is 10.3 Å². The molecule has 0 fully saturated rings. The SMILES string of the molecule is O=c1cc(CNCCCCC(F)(F)F)nc2ccccn12. The molecule has 0 saturated heterocycles. The monoisotopic (exact) mass is 299 g/mol. The van der Waals surface area contributed by atoms with Crippen molar-refractivity contribution < 1.29 is 13.2 Å². The molecular weight excluding hydrogens is 283 g/mol. The summed E-state index contributed by atoms with van der Waals surface area (Å²) in [5, 5.41) is 3.00. The summed E-state index contributed by atoms with van der Waals surface area (Å²) in [4.78, 5) is 16.1. The number of aromatic nitrogens is 2. The van der Waals surface area contributed by atoms with Crippen LogP contribution < -0.4 is 10.9 Å². The predicted molar refractivity (Wildman–Crippen MR) is 73.1 cm³/mol. The van der Waals surface area contributed by atoms with Crippen molar-refractivity contribution in [2.24, 2.45) is 0 Å². The van der Waals surface area contributed by atoms with Gasteiger partial charge >= 0.3 is 6.18 Å². The van der Waals surface area contributed by atoms with Crippen molar-refractivity contribution in [2.75, 3.05) is 6.54 Å². The molecule has 0 aliphatic heterocycles. The highest BCUT2D eigenvalue weighted by molar-refractivity contribution is 5.37. The van der Waals surface area contributed by atoms with Gasteiger partial charge < -0.3 is 5.32 Å². The second-order valence-corrected chi connectivity index (χ2v) is 4.76. The normalized spacial score (nSPS) is 12.0. The lowest BCUT2D eigenvalue weighted by molar-refractivity contribution is -0.135. The van der Waals surface area contributed by atoms with E-state index in [1.807, 2.05) is 0 Å². The lowest BCUT2D eigenvalue weighted by atomic mass is 10.2. The number of nitrogens with one attached hydrogen (secondary N) is 1. The Bertz CT molecular complexity index is 652. The van der Waals surface area contributed by atoms with E-state index in [0.717, 1.165) is 0 Å². The minimum absolute atomic E-state index is 0.101. The second kappa shape index (κ2) is 6.71. The molecule has 0 atom stereocenters. The Morgan fingerprint density at radius 3 is 2.81 bits per heavy atom. The van der Waals surface area contributed by atoms with Crippen LogP contribution in [0.15, 0.2) is 35.3 Å². The molecule has 0 unspecified atom stereocenters. The number of hydrogen-bond donors (Lipinski definition) is 1. The average Bonchev–Trinajstić information content (AvgIpc) is 2.41. The maximum Gasteiger partial charge on any atom is 0.389 e. The second-order valence-electron chi connectivity index (χ2n) is 4.76. The van der Waals surface area contributed by atoms with Gasteiger partial charge in [0, 0.05) is 25.2 Å². The fraction of sp³-hybridized carbons (Fsp3) is 0.429. The Hall–Kier alpha value is -1.89. The maximum absolute atomic E-state index is 12.0. The zero-order valence-corrected chi connectivity index (χ0v) is 11.4. The van der Waals surface area contributed by atoms with Crippen LogP contribution in [0.2, 0.25) is 0 Å². The molecule has 7 heteroatoms. The Kier molecular flexibility index (Phi) is 4.95. The maximum atomic E-state index is 12.0. The zero-order valence-electron chi connectivity index (χ0n) is 11.4. The number of fused-ring (bicyclic) bond motifs is 1. The molecule has 0 amide bonds. The molecule has 2 heterocycles. The van der Waals surface area contributed by atoms with Crippen LogP contribution in [0.5, 0.6) is 0 Å². The summed E-state index contributed by atoms with van der Waals surface area (Å²) in [6.07, 6.45) is -2.67. The molecule has 0 saturated carbocycles. The van der Waals surface area contributed by atoms with E-state index in [4.69, 9.17) is 0 Å². The third kappa shape index (κ3) is 4.86. The quantitative estimate of drug-likeness (QED) is 0.834. The number of hydrogen-bond acceptors (Lipinski definition) is 3. The Morgan fingerprint density at radius 2 is 2.05 bits per heavy atom. The molecule has 1 N–H and O–H groups in total. The largest absolute Gasteiger partial charge is 0.389 e. The Morgan fingerprint density at radius 1 is 1.24 bits per heavy atom. The van der Waals surface area contributed by atoms with Crippen molar-refractivity contribution in [3.63, 3.8) is 0 Å². The standard InChI is InChI=1S/C14H16F3N3O/c15-14(16,17)6-2-3-7-18-10-11-9-13(21)20-8-4-1-5-12(20)19-11/h1,4-5,8-9,18H,2-3,6-7,10H2. The first-order valence-corrected chi connectivity index (χ1v) is 6.70. The molecule has 2 rings (SSSR count). The van der Waals surface area contributed by atoms with Gasteiger partial charge in [0.1, 0.15) is 5.65 Å². The van der Waals surface area contributed by atoms with E-state index < -0.39 is 12.6 Å². The van der Waals surface area contributed by atoms with Crippen LogP contribution in [0.3, 0.4) is 0 Å². The predicted octanol–water partition coefficient (Wildman–Crippen LogP) is 2.52. The molecule has 114 valence electrons. The molecular formula is C14H16F3N3O. The number of rotatable bonds is 6. The third-order valence-corrected chi connectivity index (χ3v) is 2.99. The fourth-order valence-corrected chi connectivity index (χ4v) is 1.99. The zero-order chi connectivity index (χ0) is 15.3. The summed E-state index contributed by atoms with van der Waals surface area (Å²) < 4.78 is 37.3. The van der Waals surface area contributed by atoms with Crippen LogP contribution in [0.4, 0.5) is 13.2 Å². The number of alkyl halides is 3. The minimum Gasteiger partial charge on any atom is -0.311 e. The van der Waals surface area contributed by atoms with Gasteiger partial charge in [-0.25, -0.2) is 4.98 Å². The van der Waals surface area contributed by atoms with Crippen molar-refractivity contribution in [1.82, 2.24) is 14.7 Å². The van der Waals surface area contributed by atoms with Crippen LogP contribution >= 0.6 is 0 Å². The summed E-state index contributed by atoms with van der Waals surface area (Å²) in [6.45, 7) is 0.832. The summed E-state index contributed by atoms with van der Waals surface area (Å²) in [6, 6.07) is 6.69. The first-order chi connectivity index (χ1) is 9.96. The summed E-state index contributed by atoms with van der Waals surface area (Å²) >= 11 is 0. The molecule has 2 aromatic rings.